The molecule has 0 saturated carbocycles. The lowest BCUT2D eigenvalue weighted by atomic mass is 9.99. The summed E-state index contributed by atoms with van der Waals surface area (Å²) in [6, 6.07) is 0.156. The first-order valence-corrected chi connectivity index (χ1v) is 6.72. The van der Waals surface area contributed by atoms with Gasteiger partial charge in [-0.25, -0.2) is 0 Å². The highest BCUT2D eigenvalue weighted by atomic mass is 16.2. The molecule has 2 amide bonds. The molecule has 2 atom stereocenters. The minimum Gasteiger partial charge on any atom is -0.356 e. The van der Waals surface area contributed by atoms with E-state index in [1.54, 1.807) is 6.92 Å². The zero-order valence-corrected chi connectivity index (χ0v) is 11.5. The fourth-order valence-electron chi connectivity index (χ4n) is 1.95. The molecule has 1 aliphatic heterocycles. The van der Waals surface area contributed by atoms with Crippen molar-refractivity contribution >= 4 is 11.8 Å². The molecule has 0 aliphatic carbocycles. The summed E-state index contributed by atoms with van der Waals surface area (Å²) < 4.78 is 0. The summed E-state index contributed by atoms with van der Waals surface area (Å²) in [6.45, 7) is 6.64. The van der Waals surface area contributed by atoms with Gasteiger partial charge in [0, 0.05) is 24.9 Å². The summed E-state index contributed by atoms with van der Waals surface area (Å²) in [7, 11) is 0. The predicted molar refractivity (Wildman–Crippen MR) is 71.9 cm³/mol. The van der Waals surface area contributed by atoms with Crippen molar-refractivity contribution in [1.29, 1.82) is 0 Å². The highest BCUT2D eigenvalue weighted by molar-refractivity contribution is 5.85. The average molecular weight is 252 g/mol. The molecule has 1 rings (SSSR count). The molecule has 18 heavy (non-hydrogen) atoms. The lowest BCUT2D eigenvalue weighted by Crippen LogP contribution is -2.41. The Labute approximate surface area is 109 Å². The topological polar surface area (TPSA) is 58.2 Å². The molecule has 102 valence electrons. The number of hydrogen-bond donors (Lipinski definition) is 2. The van der Waals surface area contributed by atoms with Gasteiger partial charge in [-0.2, -0.15) is 0 Å². The molecule has 0 unspecified atom stereocenters. The molecule has 0 bridgehead atoms. The monoisotopic (exact) mass is 252 g/mol. The summed E-state index contributed by atoms with van der Waals surface area (Å²) in [5.41, 5.74) is 0. The average Bonchev–Trinajstić information content (AvgIpc) is 2.29. The maximum absolute atomic E-state index is 11.9. The third-order valence-electron chi connectivity index (χ3n) is 3.26. The molecule has 1 aliphatic rings. The van der Waals surface area contributed by atoms with Crippen LogP contribution in [0.1, 0.15) is 40.0 Å². The first-order valence-electron chi connectivity index (χ1n) is 6.72. The van der Waals surface area contributed by atoms with E-state index in [1.165, 1.54) is 0 Å². The maximum atomic E-state index is 11.9. The zero-order chi connectivity index (χ0) is 13.5. The van der Waals surface area contributed by atoms with Crippen molar-refractivity contribution in [2.24, 2.45) is 11.8 Å². The smallest absolute Gasteiger partial charge is 0.223 e. The second-order valence-electron chi connectivity index (χ2n) is 5.31. The van der Waals surface area contributed by atoms with Gasteiger partial charge in [-0.05, 0) is 18.8 Å². The quantitative estimate of drug-likeness (QED) is 0.697. The SMILES string of the molecule is CC(C)[C@@H]1C/C=C\CCNC(=O)[C@H](C)CC(=O)N1. The van der Waals surface area contributed by atoms with E-state index in [0.717, 1.165) is 12.8 Å². The van der Waals surface area contributed by atoms with Crippen molar-refractivity contribution in [3.63, 3.8) is 0 Å². The number of hydrogen-bond acceptors (Lipinski definition) is 2. The van der Waals surface area contributed by atoms with E-state index in [-0.39, 0.29) is 30.2 Å². The molecule has 4 nitrogen and oxygen atoms in total. The summed E-state index contributed by atoms with van der Waals surface area (Å²) >= 11 is 0. The van der Waals surface area contributed by atoms with Crippen LogP contribution in [0.2, 0.25) is 0 Å². The summed E-state index contributed by atoms with van der Waals surface area (Å²) in [4.78, 5) is 23.5. The molecule has 0 spiro atoms. The zero-order valence-electron chi connectivity index (χ0n) is 11.5. The van der Waals surface area contributed by atoms with Crippen molar-refractivity contribution in [1.82, 2.24) is 10.6 Å². The summed E-state index contributed by atoms with van der Waals surface area (Å²) in [6.07, 6.45) is 6.11. The number of carbonyl (C=O) groups excluding carboxylic acids is 2. The van der Waals surface area contributed by atoms with Crippen LogP contribution < -0.4 is 10.6 Å². The number of rotatable bonds is 1. The molecule has 0 aromatic heterocycles. The Morgan fingerprint density at radius 2 is 2.00 bits per heavy atom. The van der Waals surface area contributed by atoms with Crippen molar-refractivity contribution < 1.29 is 9.59 Å². The van der Waals surface area contributed by atoms with Crippen LogP contribution in [0.4, 0.5) is 0 Å². The molecular formula is C14H24N2O2. The van der Waals surface area contributed by atoms with Crippen LogP contribution >= 0.6 is 0 Å². The Balaban J connectivity index is 2.70. The molecular weight excluding hydrogens is 228 g/mol. The predicted octanol–water partition coefficient (Wildman–Crippen LogP) is 1.62. The lowest BCUT2D eigenvalue weighted by Gasteiger charge is -2.22. The number of nitrogens with one attached hydrogen (secondary N) is 2. The fourth-order valence-corrected chi connectivity index (χ4v) is 1.95. The Kier molecular flexibility index (Phi) is 5.89. The molecule has 0 aromatic carbocycles. The van der Waals surface area contributed by atoms with E-state index in [2.05, 4.69) is 36.6 Å². The second kappa shape index (κ2) is 7.19. The van der Waals surface area contributed by atoms with E-state index in [4.69, 9.17) is 0 Å². The number of amides is 2. The molecule has 0 saturated heterocycles. The normalized spacial score (nSPS) is 28.9. The van der Waals surface area contributed by atoms with Gasteiger partial charge >= 0.3 is 0 Å². The third kappa shape index (κ3) is 4.90. The Morgan fingerprint density at radius 3 is 2.67 bits per heavy atom. The van der Waals surface area contributed by atoms with Gasteiger partial charge in [0.15, 0.2) is 0 Å². The number of carbonyl (C=O) groups is 2. The molecule has 0 radical (unpaired) electrons. The Morgan fingerprint density at radius 1 is 1.28 bits per heavy atom. The van der Waals surface area contributed by atoms with Gasteiger partial charge in [0.25, 0.3) is 0 Å². The first kappa shape index (κ1) is 14.7. The molecule has 0 aromatic rings. The van der Waals surface area contributed by atoms with Crippen LogP contribution in [0.3, 0.4) is 0 Å². The first-order chi connectivity index (χ1) is 8.50. The van der Waals surface area contributed by atoms with Crippen LogP contribution in [0.15, 0.2) is 12.2 Å². The molecule has 0 fully saturated rings. The van der Waals surface area contributed by atoms with E-state index >= 15 is 0 Å². The van der Waals surface area contributed by atoms with E-state index in [0.29, 0.717) is 12.5 Å². The minimum atomic E-state index is -0.263. The van der Waals surface area contributed by atoms with Gasteiger partial charge < -0.3 is 10.6 Å². The van der Waals surface area contributed by atoms with Crippen LogP contribution in [0.5, 0.6) is 0 Å². The van der Waals surface area contributed by atoms with Crippen molar-refractivity contribution in [2.45, 2.75) is 46.1 Å². The highest BCUT2D eigenvalue weighted by Gasteiger charge is 2.20. The summed E-state index contributed by atoms with van der Waals surface area (Å²) in [5.74, 6) is 0.0532. The van der Waals surface area contributed by atoms with Crippen LogP contribution in [-0.2, 0) is 9.59 Å². The van der Waals surface area contributed by atoms with E-state index < -0.39 is 0 Å². The fraction of sp³-hybridized carbons (Fsp3) is 0.714. The maximum Gasteiger partial charge on any atom is 0.223 e. The van der Waals surface area contributed by atoms with Crippen molar-refractivity contribution in [2.75, 3.05) is 6.54 Å². The van der Waals surface area contributed by atoms with Gasteiger partial charge in [-0.1, -0.05) is 32.9 Å². The minimum absolute atomic E-state index is 0.0367. The van der Waals surface area contributed by atoms with Gasteiger partial charge in [-0.15, -0.1) is 0 Å². The molecule has 2 N–H and O–H groups in total. The largest absolute Gasteiger partial charge is 0.356 e. The van der Waals surface area contributed by atoms with Crippen LogP contribution in [-0.4, -0.2) is 24.4 Å². The van der Waals surface area contributed by atoms with Crippen molar-refractivity contribution in [3.05, 3.63) is 12.2 Å². The third-order valence-corrected chi connectivity index (χ3v) is 3.26. The molecule has 4 heteroatoms. The second-order valence-corrected chi connectivity index (χ2v) is 5.31. The van der Waals surface area contributed by atoms with Crippen LogP contribution in [0.25, 0.3) is 0 Å². The Bertz CT molecular complexity index is 324. The van der Waals surface area contributed by atoms with Gasteiger partial charge in [0.05, 0.1) is 0 Å². The standard InChI is InChI=1S/C14H24N2O2/c1-10(2)12-7-5-4-6-8-15-14(18)11(3)9-13(17)16-12/h4-5,10-12H,6-9H2,1-3H3,(H,15,18)(H,16,17)/b5-4-/t11-,12+/m1/s1. The Hall–Kier alpha value is -1.32. The van der Waals surface area contributed by atoms with E-state index in [9.17, 15) is 9.59 Å². The van der Waals surface area contributed by atoms with Gasteiger partial charge in [0.2, 0.25) is 11.8 Å². The van der Waals surface area contributed by atoms with Crippen LogP contribution in [0, 0.1) is 11.8 Å². The van der Waals surface area contributed by atoms with Gasteiger partial charge in [-0.3, -0.25) is 9.59 Å². The van der Waals surface area contributed by atoms with Gasteiger partial charge in [0.1, 0.15) is 0 Å². The lowest BCUT2D eigenvalue weighted by molar-refractivity contribution is -0.130. The van der Waals surface area contributed by atoms with Crippen molar-refractivity contribution in [3.8, 4) is 0 Å². The highest BCUT2D eigenvalue weighted by Crippen LogP contribution is 2.10. The molecule has 1 heterocycles. The summed E-state index contributed by atoms with van der Waals surface area (Å²) in [5, 5.41) is 5.85. The van der Waals surface area contributed by atoms with E-state index in [1.807, 2.05) is 0 Å².